The summed E-state index contributed by atoms with van der Waals surface area (Å²) in [6.07, 6.45) is 2.53. The van der Waals surface area contributed by atoms with Gasteiger partial charge >= 0.3 is 11.8 Å². The molecule has 3 aromatic rings. The Morgan fingerprint density at radius 2 is 1.87 bits per heavy atom. The lowest BCUT2D eigenvalue weighted by atomic mass is 10.2. The zero-order valence-electron chi connectivity index (χ0n) is 16.7. The summed E-state index contributed by atoms with van der Waals surface area (Å²) in [6.45, 7) is 2.91. The lowest BCUT2D eigenvalue weighted by Crippen LogP contribution is -2.41. The molecule has 2 N–H and O–H groups in total. The number of amides is 1. The van der Waals surface area contributed by atoms with E-state index in [4.69, 9.17) is 16.3 Å². The normalized spacial score (nSPS) is 11.0. The van der Waals surface area contributed by atoms with Crippen LogP contribution < -0.4 is 21.3 Å². The van der Waals surface area contributed by atoms with E-state index in [1.165, 1.54) is 4.57 Å². The van der Waals surface area contributed by atoms with E-state index in [-0.39, 0.29) is 29.5 Å². The number of hydrogen-bond donors (Lipinski definition) is 2. The van der Waals surface area contributed by atoms with Gasteiger partial charge in [-0.25, -0.2) is 9.59 Å². The predicted molar refractivity (Wildman–Crippen MR) is 114 cm³/mol. The zero-order chi connectivity index (χ0) is 21.5. The van der Waals surface area contributed by atoms with Crippen molar-refractivity contribution in [3.63, 3.8) is 0 Å². The number of nitrogens with one attached hydrogen (secondary N) is 2. The number of aromatic nitrogens is 4. The summed E-state index contributed by atoms with van der Waals surface area (Å²) in [5.41, 5.74) is -0.439. The number of rotatable bonds is 9. The average molecular weight is 434 g/mol. The molecule has 0 spiro atoms. The van der Waals surface area contributed by atoms with Crippen molar-refractivity contribution in [2.45, 2.75) is 45.7 Å². The monoisotopic (exact) mass is 433 g/mol. The van der Waals surface area contributed by atoms with Crippen LogP contribution in [0.3, 0.4) is 0 Å². The number of benzene rings is 1. The Morgan fingerprint density at radius 3 is 2.60 bits per heavy atom. The van der Waals surface area contributed by atoms with Crippen LogP contribution in [0.5, 0.6) is 5.75 Å². The Labute approximate surface area is 177 Å². The average Bonchev–Trinajstić information content (AvgIpc) is 3.12. The first kappa shape index (κ1) is 21.6. The summed E-state index contributed by atoms with van der Waals surface area (Å²) in [6, 6.07) is 8.69. The number of aryl methyl sites for hydroxylation is 1. The van der Waals surface area contributed by atoms with Gasteiger partial charge in [-0.15, -0.1) is 0 Å². The first-order valence-electron chi connectivity index (χ1n) is 9.91. The van der Waals surface area contributed by atoms with Crippen molar-refractivity contribution in [1.82, 2.24) is 24.4 Å². The summed E-state index contributed by atoms with van der Waals surface area (Å²) in [7, 11) is 0. The summed E-state index contributed by atoms with van der Waals surface area (Å²) in [5.74, 6) is 0.433. The number of para-hydroxylation sites is 1. The van der Waals surface area contributed by atoms with Gasteiger partial charge in [0.1, 0.15) is 5.75 Å². The fraction of sp³-hybridized carbons (Fsp3) is 0.400. The second-order valence-electron chi connectivity index (χ2n) is 6.81. The summed E-state index contributed by atoms with van der Waals surface area (Å²) in [5, 5.41) is 2.68. The van der Waals surface area contributed by atoms with Gasteiger partial charge in [-0.2, -0.15) is 4.98 Å². The van der Waals surface area contributed by atoms with Gasteiger partial charge < -0.3 is 15.0 Å². The zero-order valence-corrected chi connectivity index (χ0v) is 17.4. The van der Waals surface area contributed by atoms with E-state index in [1.807, 2.05) is 6.07 Å². The van der Waals surface area contributed by atoms with E-state index in [0.29, 0.717) is 18.7 Å². The van der Waals surface area contributed by atoms with E-state index >= 15 is 0 Å². The third kappa shape index (κ3) is 5.10. The molecule has 0 aliphatic heterocycles. The topological polar surface area (TPSA) is 111 Å². The van der Waals surface area contributed by atoms with Crippen LogP contribution in [0.1, 0.15) is 32.6 Å². The molecule has 0 bridgehead atoms. The van der Waals surface area contributed by atoms with Crippen LogP contribution in [0, 0.1) is 0 Å². The van der Waals surface area contributed by atoms with Gasteiger partial charge in [-0.3, -0.25) is 13.9 Å². The van der Waals surface area contributed by atoms with Crippen molar-refractivity contribution in [3.05, 3.63) is 56.5 Å². The molecule has 2 heterocycles. The van der Waals surface area contributed by atoms with Crippen LogP contribution in [-0.2, 0) is 13.1 Å². The summed E-state index contributed by atoms with van der Waals surface area (Å²) >= 11 is 5.93. The number of nitrogens with zero attached hydrogens (tertiary/aromatic N) is 3. The van der Waals surface area contributed by atoms with Gasteiger partial charge in [0.05, 0.1) is 0 Å². The maximum absolute atomic E-state index is 12.9. The Balaban J connectivity index is 1.68. The lowest BCUT2D eigenvalue weighted by molar-refractivity contribution is 0.200. The first-order chi connectivity index (χ1) is 14.5. The smallest absolute Gasteiger partial charge is 0.410 e. The van der Waals surface area contributed by atoms with Gasteiger partial charge in [-0.05, 0) is 36.6 Å². The number of unbranched alkanes of at least 4 members (excludes halogenated alkanes) is 2. The molecule has 0 saturated carbocycles. The van der Waals surface area contributed by atoms with Gasteiger partial charge in [0, 0.05) is 19.6 Å². The number of imidazole rings is 1. The van der Waals surface area contributed by atoms with E-state index in [9.17, 15) is 14.4 Å². The van der Waals surface area contributed by atoms with Gasteiger partial charge in [0.15, 0.2) is 11.2 Å². The third-order valence-electron chi connectivity index (χ3n) is 4.60. The minimum Gasteiger partial charge on any atom is -0.410 e. The van der Waals surface area contributed by atoms with Gasteiger partial charge in [0.25, 0.3) is 5.56 Å². The molecule has 0 aliphatic carbocycles. The molecule has 3 rings (SSSR count). The minimum absolute atomic E-state index is 0.0637. The minimum atomic E-state index is -0.596. The fourth-order valence-electron chi connectivity index (χ4n) is 3.12. The molecule has 0 radical (unpaired) electrons. The number of ether oxygens (including phenoxy) is 1. The number of carbonyl (C=O) groups is 1. The van der Waals surface area contributed by atoms with Crippen LogP contribution in [0.4, 0.5) is 4.79 Å². The Hall–Kier alpha value is -3.07. The van der Waals surface area contributed by atoms with Crippen LogP contribution in [0.2, 0.25) is 5.28 Å². The molecule has 0 unspecified atom stereocenters. The maximum Gasteiger partial charge on any atom is 0.412 e. The SMILES string of the molecule is CCCCCn1c(=O)n(CCCNC(=O)Oc2ccccc2)c(=O)c2[nH]c(Cl)nc21. The fourth-order valence-corrected chi connectivity index (χ4v) is 3.29. The number of aromatic amines is 1. The quantitative estimate of drug-likeness (QED) is 0.398. The molecule has 0 saturated heterocycles. The van der Waals surface area contributed by atoms with E-state index < -0.39 is 17.3 Å². The second kappa shape index (κ2) is 10.1. The number of hydrogen-bond acceptors (Lipinski definition) is 5. The van der Waals surface area contributed by atoms with Crippen molar-refractivity contribution in [2.24, 2.45) is 0 Å². The lowest BCUT2D eigenvalue weighted by Gasteiger charge is -2.11. The van der Waals surface area contributed by atoms with Crippen molar-refractivity contribution in [1.29, 1.82) is 0 Å². The molecular weight excluding hydrogens is 410 g/mol. The molecule has 2 aromatic heterocycles. The van der Waals surface area contributed by atoms with Crippen molar-refractivity contribution in [2.75, 3.05) is 6.54 Å². The van der Waals surface area contributed by atoms with Crippen LogP contribution >= 0.6 is 11.6 Å². The van der Waals surface area contributed by atoms with Crippen LogP contribution in [-0.4, -0.2) is 31.7 Å². The number of fused-ring (bicyclic) bond motifs is 1. The number of H-pyrrole nitrogens is 1. The van der Waals surface area contributed by atoms with Crippen LogP contribution in [0.15, 0.2) is 39.9 Å². The molecule has 10 heteroatoms. The highest BCUT2D eigenvalue weighted by Crippen LogP contribution is 2.11. The molecule has 0 atom stereocenters. The van der Waals surface area contributed by atoms with Crippen molar-refractivity contribution >= 4 is 28.9 Å². The largest absolute Gasteiger partial charge is 0.412 e. The van der Waals surface area contributed by atoms with E-state index in [1.54, 1.807) is 24.3 Å². The molecule has 9 nitrogen and oxygen atoms in total. The van der Waals surface area contributed by atoms with Crippen molar-refractivity contribution < 1.29 is 9.53 Å². The molecule has 0 fully saturated rings. The van der Waals surface area contributed by atoms with Gasteiger partial charge in [0.2, 0.25) is 5.28 Å². The molecular formula is C20H24ClN5O4. The number of carbonyl (C=O) groups excluding carboxylic acids is 1. The van der Waals surface area contributed by atoms with Gasteiger partial charge in [-0.1, -0.05) is 38.0 Å². The highest BCUT2D eigenvalue weighted by Gasteiger charge is 2.16. The van der Waals surface area contributed by atoms with Crippen molar-refractivity contribution in [3.8, 4) is 5.75 Å². The first-order valence-corrected chi connectivity index (χ1v) is 10.3. The molecule has 160 valence electrons. The second-order valence-corrected chi connectivity index (χ2v) is 7.17. The highest BCUT2D eigenvalue weighted by atomic mass is 35.5. The summed E-state index contributed by atoms with van der Waals surface area (Å²) < 4.78 is 7.76. The predicted octanol–water partition coefficient (Wildman–Crippen LogP) is 2.91. The Morgan fingerprint density at radius 1 is 1.13 bits per heavy atom. The Kier molecular flexibility index (Phi) is 7.29. The molecule has 0 aliphatic rings. The van der Waals surface area contributed by atoms with E-state index in [2.05, 4.69) is 22.2 Å². The Bertz CT molecular complexity index is 1120. The third-order valence-corrected chi connectivity index (χ3v) is 4.78. The van der Waals surface area contributed by atoms with E-state index in [0.717, 1.165) is 23.8 Å². The molecule has 1 aromatic carbocycles. The summed E-state index contributed by atoms with van der Waals surface area (Å²) in [4.78, 5) is 44.3. The standard InChI is InChI=1S/C20H24ClN5O4/c1-2-3-7-12-25-16-15(23-18(21)24-16)17(27)26(20(25)29)13-8-11-22-19(28)30-14-9-5-4-6-10-14/h4-6,9-10H,2-3,7-8,11-13H2,1H3,(H,22,28)(H,23,24). The maximum atomic E-state index is 12.9. The number of halogens is 1. The molecule has 1 amide bonds. The van der Waals surface area contributed by atoms with Crippen LogP contribution in [0.25, 0.3) is 11.2 Å². The molecule has 30 heavy (non-hydrogen) atoms. The highest BCUT2D eigenvalue weighted by molar-refractivity contribution is 6.28.